The highest BCUT2D eigenvalue weighted by molar-refractivity contribution is 5.84. The number of carbonyl (C=O) groups is 1. The van der Waals surface area contributed by atoms with Gasteiger partial charge in [0.05, 0.1) is 0 Å². The average molecular weight is 182 g/mol. The van der Waals surface area contributed by atoms with Gasteiger partial charge in [-0.15, -0.1) is 0 Å². The fourth-order valence-corrected chi connectivity index (χ4v) is 2.08. The first-order valence-corrected chi connectivity index (χ1v) is 5.36. The summed E-state index contributed by atoms with van der Waals surface area (Å²) < 4.78 is 5.26. The molecule has 0 aromatic carbocycles. The van der Waals surface area contributed by atoms with Crippen LogP contribution in [0.1, 0.15) is 38.5 Å². The molecule has 74 valence electrons. The van der Waals surface area contributed by atoms with Crippen LogP contribution < -0.4 is 0 Å². The summed E-state index contributed by atoms with van der Waals surface area (Å²) >= 11 is 0. The van der Waals surface area contributed by atoms with Crippen LogP contribution in [0.4, 0.5) is 0 Å². The highest BCUT2D eigenvalue weighted by Crippen LogP contribution is 2.37. The minimum Gasteiger partial charge on any atom is -0.373 e. The van der Waals surface area contributed by atoms with E-state index in [-0.39, 0.29) is 6.10 Å². The Morgan fingerprint density at radius 1 is 1.38 bits per heavy atom. The molecule has 2 saturated carbocycles. The zero-order valence-corrected chi connectivity index (χ0v) is 8.29. The number of hydrogen-bond donors (Lipinski definition) is 0. The van der Waals surface area contributed by atoms with Gasteiger partial charge < -0.3 is 4.74 Å². The second-order valence-corrected chi connectivity index (χ2v) is 4.46. The van der Waals surface area contributed by atoms with Gasteiger partial charge in [-0.3, -0.25) is 4.79 Å². The fraction of sp³-hybridized carbons (Fsp3) is 0.909. The third-order valence-electron chi connectivity index (χ3n) is 3.34. The van der Waals surface area contributed by atoms with Gasteiger partial charge in [-0.25, -0.2) is 0 Å². The first-order chi connectivity index (χ1) is 6.31. The number of ether oxygens (including phenoxy) is 1. The molecule has 0 amide bonds. The third-order valence-corrected chi connectivity index (χ3v) is 3.34. The van der Waals surface area contributed by atoms with Crippen LogP contribution >= 0.6 is 0 Å². The van der Waals surface area contributed by atoms with Crippen molar-refractivity contribution in [1.29, 1.82) is 0 Å². The van der Waals surface area contributed by atoms with Crippen LogP contribution in [-0.2, 0) is 9.53 Å². The summed E-state index contributed by atoms with van der Waals surface area (Å²) in [5, 5.41) is 0. The molecule has 2 nitrogen and oxygen atoms in total. The van der Waals surface area contributed by atoms with Gasteiger partial charge in [-0.1, -0.05) is 19.3 Å². The SMILES string of the molecule is COC(C(=O)CC1CCC1)C1CC1. The second-order valence-electron chi connectivity index (χ2n) is 4.46. The lowest BCUT2D eigenvalue weighted by Gasteiger charge is -2.26. The Bertz CT molecular complexity index is 192. The Balaban J connectivity index is 1.78. The minimum atomic E-state index is -0.0689. The van der Waals surface area contributed by atoms with Crippen LogP contribution in [0, 0.1) is 11.8 Å². The Morgan fingerprint density at radius 2 is 2.08 bits per heavy atom. The Kier molecular flexibility index (Phi) is 2.68. The van der Waals surface area contributed by atoms with Crippen LogP contribution in [0.3, 0.4) is 0 Å². The van der Waals surface area contributed by atoms with Crippen molar-refractivity contribution in [2.24, 2.45) is 11.8 Å². The molecule has 0 aromatic rings. The molecule has 0 aromatic heterocycles. The van der Waals surface area contributed by atoms with E-state index in [1.807, 2.05) is 0 Å². The van der Waals surface area contributed by atoms with Crippen molar-refractivity contribution in [3.63, 3.8) is 0 Å². The highest BCUT2D eigenvalue weighted by Gasteiger charge is 2.37. The molecule has 0 radical (unpaired) electrons. The van der Waals surface area contributed by atoms with E-state index in [4.69, 9.17) is 4.74 Å². The number of ketones is 1. The molecule has 0 heterocycles. The summed E-state index contributed by atoms with van der Waals surface area (Å²) in [7, 11) is 1.67. The lowest BCUT2D eigenvalue weighted by molar-refractivity contribution is -0.131. The topological polar surface area (TPSA) is 26.3 Å². The molecule has 0 saturated heterocycles. The average Bonchev–Trinajstić information content (AvgIpc) is 2.82. The largest absolute Gasteiger partial charge is 0.373 e. The summed E-state index contributed by atoms with van der Waals surface area (Å²) in [5.74, 6) is 1.59. The molecule has 0 N–H and O–H groups in total. The fourth-order valence-electron chi connectivity index (χ4n) is 2.08. The Labute approximate surface area is 79.7 Å². The van der Waals surface area contributed by atoms with Crippen LogP contribution in [-0.4, -0.2) is 19.0 Å². The minimum absolute atomic E-state index is 0.0689. The summed E-state index contributed by atoms with van der Waals surface area (Å²) in [6.07, 6.45) is 6.91. The zero-order chi connectivity index (χ0) is 9.26. The number of Topliss-reactive ketones (excluding diaryl/α,β-unsaturated/α-hetero) is 1. The van der Waals surface area contributed by atoms with Crippen molar-refractivity contribution in [2.75, 3.05) is 7.11 Å². The summed E-state index contributed by atoms with van der Waals surface area (Å²) in [5.41, 5.74) is 0. The number of methoxy groups -OCH3 is 1. The van der Waals surface area contributed by atoms with E-state index in [1.54, 1.807) is 7.11 Å². The molecule has 1 unspecified atom stereocenters. The molecule has 1 atom stereocenters. The van der Waals surface area contributed by atoms with Crippen molar-refractivity contribution in [3.8, 4) is 0 Å². The molecule has 2 fully saturated rings. The molecular formula is C11H18O2. The van der Waals surface area contributed by atoms with Gasteiger partial charge in [0, 0.05) is 13.5 Å². The van der Waals surface area contributed by atoms with Crippen LogP contribution in [0.5, 0.6) is 0 Å². The van der Waals surface area contributed by atoms with Gasteiger partial charge >= 0.3 is 0 Å². The van der Waals surface area contributed by atoms with Gasteiger partial charge in [0.2, 0.25) is 0 Å². The molecule has 0 aliphatic heterocycles. The van der Waals surface area contributed by atoms with Gasteiger partial charge in [-0.2, -0.15) is 0 Å². The zero-order valence-electron chi connectivity index (χ0n) is 8.29. The van der Waals surface area contributed by atoms with Crippen molar-refractivity contribution in [1.82, 2.24) is 0 Å². The van der Waals surface area contributed by atoms with Crippen LogP contribution in [0.2, 0.25) is 0 Å². The normalized spacial score (nSPS) is 25.3. The van der Waals surface area contributed by atoms with E-state index >= 15 is 0 Å². The maximum atomic E-state index is 11.7. The molecular weight excluding hydrogens is 164 g/mol. The van der Waals surface area contributed by atoms with Crippen LogP contribution in [0.25, 0.3) is 0 Å². The van der Waals surface area contributed by atoms with Gasteiger partial charge in [-0.05, 0) is 24.7 Å². The number of rotatable bonds is 5. The predicted molar refractivity (Wildman–Crippen MR) is 50.5 cm³/mol. The quantitative estimate of drug-likeness (QED) is 0.651. The summed E-state index contributed by atoms with van der Waals surface area (Å²) in [6.45, 7) is 0. The lowest BCUT2D eigenvalue weighted by atomic mass is 9.81. The summed E-state index contributed by atoms with van der Waals surface area (Å²) in [4.78, 5) is 11.7. The standard InChI is InChI=1S/C11H18O2/c1-13-11(9-5-6-9)10(12)7-8-3-2-4-8/h8-9,11H,2-7H2,1H3. The molecule has 2 aliphatic rings. The van der Waals surface area contributed by atoms with Crippen molar-refractivity contribution in [3.05, 3.63) is 0 Å². The van der Waals surface area contributed by atoms with Crippen molar-refractivity contribution >= 4 is 5.78 Å². The maximum Gasteiger partial charge on any atom is 0.162 e. The second kappa shape index (κ2) is 3.79. The smallest absolute Gasteiger partial charge is 0.162 e. The Morgan fingerprint density at radius 3 is 2.46 bits per heavy atom. The highest BCUT2D eigenvalue weighted by atomic mass is 16.5. The number of hydrogen-bond acceptors (Lipinski definition) is 2. The van der Waals surface area contributed by atoms with E-state index in [9.17, 15) is 4.79 Å². The summed E-state index contributed by atoms with van der Waals surface area (Å²) in [6, 6.07) is 0. The van der Waals surface area contributed by atoms with Gasteiger partial charge in [0.25, 0.3) is 0 Å². The molecule has 0 bridgehead atoms. The predicted octanol–water partition coefficient (Wildman–Crippen LogP) is 2.17. The Hall–Kier alpha value is -0.370. The van der Waals surface area contributed by atoms with E-state index in [0.717, 1.165) is 6.42 Å². The van der Waals surface area contributed by atoms with E-state index in [1.165, 1.54) is 32.1 Å². The maximum absolute atomic E-state index is 11.7. The molecule has 2 aliphatic carbocycles. The molecule has 0 spiro atoms. The van der Waals surface area contributed by atoms with Gasteiger partial charge in [0.15, 0.2) is 5.78 Å². The molecule has 2 rings (SSSR count). The number of carbonyl (C=O) groups excluding carboxylic acids is 1. The van der Waals surface area contributed by atoms with Gasteiger partial charge in [0.1, 0.15) is 6.10 Å². The molecule has 13 heavy (non-hydrogen) atoms. The third kappa shape index (κ3) is 2.11. The van der Waals surface area contributed by atoms with Crippen molar-refractivity contribution < 1.29 is 9.53 Å². The van der Waals surface area contributed by atoms with E-state index in [0.29, 0.717) is 17.6 Å². The van der Waals surface area contributed by atoms with E-state index < -0.39 is 0 Å². The molecule has 2 heteroatoms. The van der Waals surface area contributed by atoms with E-state index in [2.05, 4.69) is 0 Å². The van der Waals surface area contributed by atoms with Crippen molar-refractivity contribution in [2.45, 2.75) is 44.6 Å². The lowest BCUT2D eigenvalue weighted by Crippen LogP contribution is -2.28. The first-order valence-electron chi connectivity index (χ1n) is 5.36. The monoisotopic (exact) mass is 182 g/mol. The first kappa shape index (κ1) is 9.20. The van der Waals surface area contributed by atoms with Crippen LogP contribution in [0.15, 0.2) is 0 Å².